The van der Waals surface area contributed by atoms with Gasteiger partial charge in [-0.1, -0.05) is 0 Å². The van der Waals surface area contributed by atoms with Gasteiger partial charge in [0.2, 0.25) is 0 Å². The predicted octanol–water partition coefficient (Wildman–Crippen LogP) is -3.33. The summed E-state index contributed by atoms with van der Waals surface area (Å²) >= 11 is 0. The molecule has 1 aliphatic heterocycles. The van der Waals surface area contributed by atoms with Crippen LogP contribution < -0.4 is 20.7 Å². The Morgan fingerprint density at radius 3 is 2.70 bits per heavy atom. The summed E-state index contributed by atoms with van der Waals surface area (Å²) < 4.78 is 30.7. The molecule has 3 N–H and O–H groups in total. The number of aliphatic hydroxyl groups is 2. The van der Waals surface area contributed by atoms with E-state index in [9.17, 15) is 34.1 Å². The Balaban J connectivity index is 1.43. The Kier molecular flexibility index (Phi) is 7.43. The second kappa shape index (κ2) is 10.3. The number of aromatic nitrogens is 5. The van der Waals surface area contributed by atoms with Gasteiger partial charge in [-0.05, 0) is 6.07 Å². The Morgan fingerprint density at radius 2 is 2.00 bits per heavy atom. The van der Waals surface area contributed by atoms with Crippen molar-refractivity contribution in [1.82, 2.24) is 18.7 Å². The summed E-state index contributed by atoms with van der Waals surface area (Å²) in [6.07, 6.45) is -1.38. The number of aryl methyl sites for hydroxylation is 1. The monoisotopic (exact) mass is 541 g/mol. The number of carbonyl (C=O) groups excluding carboxylic acids is 1. The summed E-state index contributed by atoms with van der Waals surface area (Å²) in [5.74, 6) is -0.737. The first-order valence-electron chi connectivity index (χ1n) is 10.9. The molecule has 0 aromatic carbocycles. The molecule has 1 aliphatic rings. The van der Waals surface area contributed by atoms with Crippen molar-refractivity contribution < 1.29 is 47.9 Å². The Labute approximate surface area is 207 Å². The van der Waals surface area contributed by atoms with E-state index in [1.807, 2.05) is 0 Å². The summed E-state index contributed by atoms with van der Waals surface area (Å²) in [5, 5.41) is 20.4. The minimum Gasteiger partial charge on any atom is -0.756 e. The number of aliphatic hydroxyl groups excluding tert-OH is 2. The fourth-order valence-electron chi connectivity index (χ4n) is 3.94. The Bertz CT molecular complexity index is 1490. The van der Waals surface area contributed by atoms with E-state index in [2.05, 4.69) is 9.51 Å². The topological polar surface area (TPSA) is 211 Å². The van der Waals surface area contributed by atoms with Crippen molar-refractivity contribution in [2.75, 3.05) is 13.2 Å². The van der Waals surface area contributed by atoms with Gasteiger partial charge in [0.05, 0.1) is 19.5 Å². The van der Waals surface area contributed by atoms with E-state index in [4.69, 9.17) is 14.4 Å². The maximum atomic E-state index is 12.6. The summed E-state index contributed by atoms with van der Waals surface area (Å²) in [4.78, 5) is 60.8. The Morgan fingerprint density at radius 1 is 1.27 bits per heavy atom. The first-order chi connectivity index (χ1) is 17.4. The number of hydrogen-bond acceptors (Lipinski definition) is 11. The quantitative estimate of drug-likeness (QED) is 0.145. The number of phosphoric ester groups is 1. The maximum absolute atomic E-state index is 12.6. The number of rotatable bonds is 8. The van der Waals surface area contributed by atoms with Gasteiger partial charge in [0.15, 0.2) is 29.7 Å². The Hall–Kier alpha value is -3.24. The zero-order valence-electron chi connectivity index (χ0n) is 19.6. The van der Waals surface area contributed by atoms with Crippen LogP contribution >= 0.6 is 7.82 Å². The van der Waals surface area contributed by atoms with Gasteiger partial charge in [0.1, 0.15) is 24.4 Å². The van der Waals surface area contributed by atoms with E-state index >= 15 is 0 Å². The molecule has 0 saturated carbocycles. The molecule has 16 nitrogen and oxygen atoms in total. The molecule has 17 heteroatoms. The van der Waals surface area contributed by atoms with Crippen molar-refractivity contribution >= 4 is 25.0 Å². The SMILES string of the molecule is Cn1c(=O)c2c(ncn2CCOC(=O)c2ccc[n+]([C@@H]3O[C@H](COP(=O)([O-])O)[C@@H](O)[C@H]3O)c2)n(C)c1=O. The molecule has 3 aromatic rings. The number of phosphoric acid groups is 1. The lowest BCUT2D eigenvalue weighted by atomic mass is 10.1. The van der Waals surface area contributed by atoms with Crippen LogP contribution in [-0.4, -0.2) is 71.3 Å². The first kappa shape index (κ1) is 26.8. The average molecular weight is 541 g/mol. The highest BCUT2D eigenvalue weighted by atomic mass is 31.2. The molecule has 4 heterocycles. The molecule has 0 spiro atoms. The van der Waals surface area contributed by atoms with Crippen molar-refractivity contribution in [3.05, 3.63) is 57.3 Å². The highest BCUT2D eigenvalue weighted by Gasteiger charge is 2.48. The molecule has 200 valence electrons. The van der Waals surface area contributed by atoms with Crippen molar-refractivity contribution in [3.8, 4) is 0 Å². The van der Waals surface area contributed by atoms with Gasteiger partial charge in [-0.15, -0.1) is 0 Å². The molecule has 1 fully saturated rings. The lowest BCUT2D eigenvalue weighted by Crippen LogP contribution is -2.46. The number of imidazole rings is 1. The largest absolute Gasteiger partial charge is 0.756 e. The molecule has 4 rings (SSSR count). The van der Waals surface area contributed by atoms with E-state index in [1.165, 1.54) is 58.7 Å². The molecule has 1 unspecified atom stereocenters. The number of nitrogens with zero attached hydrogens (tertiary/aromatic N) is 5. The van der Waals surface area contributed by atoms with Gasteiger partial charge in [-0.2, -0.15) is 4.57 Å². The third kappa shape index (κ3) is 5.40. The van der Waals surface area contributed by atoms with Gasteiger partial charge in [0.25, 0.3) is 19.6 Å². The number of ether oxygens (including phenoxy) is 2. The van der Waals surface area contributed by atoms with Crippen LogP contribution in [0.4, 0.5) is 0 Å². The third-order valence-electron chi connectivity index (χ3n) is 5.87. The van der Waals surface area contributed by atoms with Crippen LogP contribution in [0.1, 0.15) is 16.6 Å². The van der Waals surface area contributed by atoms with E-state index in [0.29, 0.717) is 0 Å². The van der Waals surface area contributed by atoms with Crippen LogP contribution in [0.15, 0.2) is 40.4 Å². The molecule has 5 atom stereocenters. The zero-order chi connectivity index (χ0) is 27.1. The minimum atomic E-state index is -5.06. The van der Waals surface area contributed by atoms with Gasteiger partial charge in [0, 0.05) is 20.2 Å². The van der Waals surface area contributed by atoms with Crippen LogP contribution in [0.5, 0.6) is 0 Å². The molecule has 3 aromatic heterocycles. The second-order valence-electron chi connectivity index (χ2n) is 8.30. The summed E-state index contributed by atoms with van der Waals surface area (Å²) in [6.45, 7) is -0.786. The molecular weight excluding hydrogens is 517 g/mol. The highest BCUT2D eigenvalue weighted by molar-refractivity contribution is 7.44. The zero-order valence-corrected chi connectivity index (χ0v) is 20.5. The first-order valence-corrected chi connectivity index (χ1v) is 12.4. The van der Waals surface area contributed by atoms with Crippen molar-refractivity contribution in [3.63, 3.8) is 0 Å². The van der Waals surface area contributed by atoms with Gasteiger partial charge in [-0.3, -0.25) is 18.5 Å². The number of hydrogen-bond donors (Lipinski definition) is 3. The second-order valence-corrected chi connectivity index (χ2v) is 9.50. The smallest absolute Gasteiger partial charge is 0.344 e. The van der Waals surface area contributed by atoms with Crippen LogP contribution in [0, 0.1) is 0 Å². The lowest BCUT2D eigenvalue weighted by molar-refractivity contribution is -0.765. The number of fused-ring (bicyclic) bond motifs is 1. The van der Waals surface area contributed by atoms with Crippen LogP contribution in [-0.2, 0) is 39.2 Å². The van der Waals surface area contributed by atoms with E-state index in [-0.39, 0.29) is 29.9 Å². The molecule has 0 aliphatic carbocycles. The molecule has 0 bridgehead atoms. The van der Waals surface area contributed by atoms with E-state index in [0.717, 1.165) is 4.57 Å². The van der Waals surface area contributed by atoms with Crippen LogP contribution in [0.2, 0.25) is 0 Å². The number of pyridine rings is 1. The maximum Gasteiger partial charge on any atom is 0.344 e. The van der Waals surface area contributed by atoms with Crippen molar-refractivity contribution in [1.29, 1.82) is 0 Å². The molecule has 37 heavy (non-hydrogen) atoms. The van der Waals surface area contributed by atoms with Gasteiger partial charge in [-0.25, -0.2) is 14.6 Å². The van der Waals surface area contributed by atoms with Crippen LogP contribution in [0.3, 0.4) is 0 Å². The fraction of sp³-hybridized carbons (Fsp3) is 0.450. The van der Waals surface area contributed by atoms with Crippen LogP contribution in [0.25, 0.3) is 11.2 Å². The van der Waals surface area contributed by atoms with Gasteiger partial charge >= 0.3 is 11.7 Å². The van der Waals surface area contributed by atoms with E-state index < -0.39 is 56.2 Å². The number of carbonyl (C=O) groups is 1. The molecule has 0 amide bonds. The predicted molar refractivity (Wildman–Crippen MR) is 119 cm³/mol. The van der Waals surface area contributed by atoms with Crippen molar-refractivity contribution in [2.45, 2.75) is 31.1 Å². The fourth-order valence-corrected chi connectivity index (χ4v) is 4.27. The minimum absolute atomic E-state index is 0.0701. The lowest BCUT2D eigenvalue weighted by Gasteiger charge is -2.19. The summed E-state index contributed by atoms with van der Waals surface area (Å²) in [7, 11) is -2.23. The number of esters is 1. The summed E-state index contributed by atoms with van der Waals surface area (Å²) in [5.41, 5.74) is -0.614. The molecule has 1 saturated heterocycles. The molecular formula is C20H24N5O11P. The van der Waals surface area contributed by atoms with E-state index in [1.54, 1.807) is 0 Å². The summed E-state index contributed by atoms with van der Waals surface area (Å²) in [6, 6.07) is 2.91. The van der Waals surface area contributed by atoms with Crippen molar-refractivity contribution in [2.24, 2.45) is 14.1 Å². The average Bonchev–Trinajstić information content (AvgIpc) is 3.41. The van der Waals surface area contributed by atoms with Gasteiger partial charge < -0.3 is 38.6 Å². The standard InChI is InChI=1S/C20H24N5O11P/c1-22-16-13(17(28)23(2)20(22)30)25(10-21-16)6-7-34-19(29)11-4-3-5-24(8-11)18-15(27)14(26)12(36-18)9-35-37(31,32)33/h3-5,8,10,12,14-15,18,26-27H,6-7,9H2,1-2H3,(H-,31,32,33)/t12-,14-,15-,18-/m1/s1. The highest BCUT2D eigenvalue weighted by Crippen LogP contribution is 2.33. The molecule has 0 radical (unpaired) electrons. The third-order valence-corrected chi connectivity index (χ3v) is 6.35. The normalized spacial score (nSPS) is 23.3.